The van der Waals surface area contributed by atoms with Crippen LogP contribution >= 0.6 is 11.6 Å². The van der Waals surface area contributed by atoms with E-state index in [9.17, 15) is 22.8 Å². The average molecular weight is 478 g/mol. The summed E-state index contributed by atoms with van der Waals surface area (Å²) in [6.07, 6.45) is -0.141. The Hall–Kier alpha value is -3.40. The highest BCUT2D eigenvalue weighted by Gasteiger charge is 2.36. The molecule has 11 heteroatoms. The number of benzene rings is 1. The molecular weight excluding hydrogens is 459 g/mol. The van der Waals surface area contributed by atoms with E-state index in [1.165, 1.54) is 28.0 Å². The van der Waals surface area contributed by atoms with Crippen molar-refractivity contribution in [3.8, 4) is 0 Å². The standard InChI is InChI=1S/C22H19ClF3N5O2/c1-11-7-27-8-15(13(11)3)20(32)29-18-9-28-31-12(2)10-30(21(33)19(18)31)14-4-5-16(17(23)6-14)22(24,25)26/h4-9,12H,10H2,1-3H3,(H,29,32)/t12-/m0/s1. The molecule has 0 fully saturated rings. The second-order valence-electron chi connectivity index (χ2n) is 7.86. The zero-order valence-electron chi connectivity index (χ0n) is 17.9. The number of nitrogens with zero attached hydrogens (tertiary/aromatic N) is 4. The Labute approximate surface area is 192 Å². The van der Waals surface area contributed by atoms with Crippen molar-refractivity contribution < 1.29 is 22.8 Å². The number of anilines is 2. The minimum Gasteiger partial charge on any atom is -0.319 e. The summed E-state index contributed by atoms with van der Waals surface area (Å²) in [7, 11) is 0. The maximum atomic E-state index is 13.3. The highest BCUT2D eigenvalue weighted by molar-refractivity contribution is 6.31. The van der Waals surface area contributed by atoms with E-state index < -0.39 is 28.6 Å². The van der Waals surface area contributed by atoms with Gasteiger partial charge < -0.3 is 10.2 Å². The molecule has 1 atom stereocenters. The van der Waals surface area contributed by atoms with Gasteiger partial charge in [-0.05, 0) is 50.1 Å². The number of rotatable bonds is 3. The average Bonchev–Trinajstić information content (AvgIpc) is 3.16. The molecule has 1 aliphatic heterocycles. The Bertz CT molecular complexity index is 1270. The minimum atomic E-state index is -4.60. The van der Waals surface area contributed by atoms with Gasteiger partial charge in [0.15, 0.2) is 5.69 Å². The van der Waals surface area contributed by atoms with Gasteiger partial charge in [-0.25, -0.2) is 0 Å². The number of alkyl halides is 3. The molecule has 1 aromatic carbocycles. The van der Waals surface area contributed by atoms with Crippen molar-refractivity contribution in [3.05, 3.63) is 69.8 Å². The monoisotopic (exact) mass is 477 g/mol. The fraction of sp³-hybridized carbons (Fsp3) is 0.273. The van der Waals surface area contributed by atoms with Crippen molar-refractivity contribution in [2.45, 2.75) is 33.0 Å². The zero-order valence-corrected chi connectivity index (χ0v) is 18.6. The Kier molecular flexibility index (Phi) is 5.65. The number of amides is 2. The maximum Gasteiger partial charge on any atom is 0.417 e. The molecular formula is C22H19ClF3N5O2. The minimum absolute atomic E-state index is 0.122. The summed E-state index contributed by atoms with van der Waals surface area (Å²) in [5.41, 5.74) is 1.51. The summed E-state index contributed by atoms with van der Waals surface area (Å²) in [6.45, 7) is 5.60. The van der Waals surface area contributed by atoms with Crippen LogP contribution in [0.3, 0.4) is 0 Å². The molecule has 2 aromatic heterocycles. The lowest BCUT2D eigenvalue weighted by Crippen LogP contribution is -2.43. The quantitative estimate of drug-likeness (QED) is 0.573. The van der Waals surface area contributed by atoms with E-state index in [0.717, 1.165) is 23.3 Å². The topological polar surface area (TPSA) is 80.1 Å². The van der Waals surface area contributed by atoms with Crippen LogP contribution in [0.4, 0.5) is 24.5 Å². The van der Waals surface area contributed by atoms with Gasteiger partial charge >= 0.3 is 6.18 Å². The van der Waals surface area contributed by atoms with Gasteiger partial charge in [0.05, 0.1) is 34.1 Å². The van der Waals surface area contributed by atoms with Crippen LogP contribution in [-0.2, 0) is 6.18 Å². The number of carbonyl (C=O) groups excluding carboxylic acids is 2. The number of fused-ring (bicyclic) bond motifs is 1. The molecule has 3 heterocycles. The predicted octanol–water partition coefficient (Wildman–Crippen LogP) is 5.04. The third-order valence-corrected chi connectivity index (χ3v) is 5.95. The first-order valence-electron chi connectivity index (χ1n) is 9.97. The molecule has 0 saturated carbocycles. The molecule has 0 bridgehead atoms. The number of pyridine rings is 1. The number of aryl methyl sites for hydroxylation is 1. The Morgan fingerprint density at radius 1 is 1.21 bits per heavy atom. The van der Waals surface area contributed by atoms with Gasteiger partial charge in [0.2, 0.25) is 0 Å². The number of carbonyl (C=O) groups is 2. The number of hydrogen-bond donors (Lipinski definition) is 1. The van der Waals surface area contributed by atoms with Crippen LogP contribution in [0.1, 0.15) is 50.5 Å². The van der Waals surface area contributed by atoms with Crippen LogP contribution < -0.4 is 10.2 Å². The number of nitrogens with one attached hydrogen (secondary N) is 1. The molecule has 0 radical (unpaired) electrons. The maximum absolute atomic E-state index is 13.3. The lowest BCUT2D eigenvalue weighted by Gasteiger charge is -2.32. The Morgan fingerprint density at radius 3 is 2.61 bits per heavy atom. The molecule has 3 aromatic rings. The van der Waals surface area contributed by atoms with Crippen molar-refractivity contribution in [2.75, 3.05) is 16.8 Å². The van der Waals surface area contributed by atoms with Crippen LogP contribution in [0.25, 0.3) is 0 Å². The van der Waals surface area contributed by atoms with E-state index in [1.54, 1.807) is 13.1 Å². The molecule has 4 rings (SSSR count). The van der Waals surface area contributed by atoms with E-state index in [-0.39, 0.29) is 29.7 Å². The molecule has 0 aliphatic carbocycles. The molecule has 1 aliphatic rings. The first-order valence-corrected chi connectivity index (χ1v) is 10.4. The number of aromatic nitrogens is 3. The second kappa shape index (κ2) is 8.18. The van der Waals surface area contributed by atoms with Crippen molar-refractivity contribution in [1.82, 2.24) is 14.8 Å². The van der Waals surface area contributed by atoms with Gasteiger partial charge in [-0.1, -0.05) is 11.6 Å². The van der Waals surface area contributed by atoms with Crippen molar-refractivity contribution in [2.24, 2.45) is 0 Å². The highest BCUT2D eigenvalue weighted by atomic mass is 35.5. The SMILES string of the molecule is Cc1cncc(C(=O)Nc2cnn3c2C(=O)N(c2ccc(C(F)(F)F)c(Cl)c2)C[C@@H]3C)c1C. The van der Waals surface area contributed by atoms with E-state index in [2.05, 4.69) is 15.4 Å². The third kappa shape index (κ3) is 4.06. The van der Waals surface area contributed by atoms with Crippen LogP contribution in [0.5, 0.6) is 0 Å². The summed E-state index contributed by atoms with van der Waals surface area (Å²) >= 11 is 5.85. The molecule has 33 heavy (non-hydrogen) atoms. The third-order valence-electron chi connectivity index (χ3n) is 5.64. The molecule has 172 valence electrons. The molecule has 2 amide bonds. The Balaban J connectivity index is 1.67. The predicted molar refractivity (Wildman–Crippen MR) is 117 cm³/mol. The fourth-order valence-corrected chi connectivity index (χ4v) is 4.01. The Morgan fingerprint density at radius 2 is 1.94 bits per heavy atom. The summed E-state index contributed by atoms with van der Waals surface area (Å²) in [5, 5.41) is 6.44. The molecule has 0 spiro atoms. The van der Waals surface area contributed by atoms with Gasteiger partial charge in [-0.2, -0.15) is 18.3 Å². The zero-order chi connectivity index (χ0) is 24.1. The van der Waals surface area contributed by atoms with Crippen LogP contribution in [0, 0.1) is 13.8 Å². The lowest BCUT2D eigenvalue weighted by molar-refractivity contribution is -0.137. The van der Waals surface area contributed by atoms with Gasteiger partial charge in [0.1, 0.15) is 0 Å². The molecule has 0 unspecified atom stereocenters. The van der Waals surface area contributed by atoms with Gasteiger partial charge in [0.25, 0.3) is 11.8 Å². The number of hydrogen-bond acceptors (Lipinski definition) is 4. The van der Waals surface area contributed by atoms with E-state index >= 15 is 0 Å². The summed E-state index contributed by atoms with van der Waals surface area (Å²) < 4.78 is 40.7. The van der Waals surface area contributed by atoms with Gasteiger partial charge in [0, 0.05) is 24.6 Å². The summed E-state index contributed by atoms with van der Waals surface area (Å²) in [4.78, 5) is 31.5. The summed E-state index contributed by atoms with van der Waals surface area (Å²) in [6, 6.07) is 2.86. The highest BCUT2D eigenvalue weighted by Crippen LogP contribution is 2.38. The first-order chi connectivity index (χ1) is 15.5. The molecule has 7 nitrogen and oxygen atoms in total. The van der Waals surface area contributed by atoms with E-state index in [4.69, 9.17) is 11.6 Å². The largest absolute Gasteiger partial charge is 0.417 e. The first kappa shape index (κ1) is 22.8. The normalized spacial score (nSPS) is 16.0. The van der Waals surface area contributed by atoms with Crippen molar-refractivity contribution in [3.63, 3.8) is 0 Å². The van der Waals surface area contributed by atoms with Crippen LogP contribution in [0.15, 0.2) is 36.8 Å². The second-order valence-corrected chi connectivity index (χ2v) is 8.27. The van der Waals surface area contributed by atoms with E-state index in [1.807, 2.05) is 13.8 Å². The van der Waals surface area contributed by atoms with Crippen LogP contribution in [-0.4, -0.2) is 33.1 Å². The van der Waals surface area contributed by atoms with Gasteiger partial charge in [-0.3, -0.25) is 19.3 Å². The molecule has 1 N–H and O–H groups in total. The smallest absolute Gasteiger partial charge is 0.319 e. The van der Waals surface area contributed by atoms with Crippen LogP contribution in [0.2, 0.25) is 5.02 Å². The molecule has 0 saturated heterocycles. The number of halogens is 4. The summed E-state index contributed by atoms with van der Waals surface area (Å²) in [5.74, 6) is -0.967. The lowest BCUT2D eigenvalue weighted by atomic mass is 10.1. The fourth-order valence-electron chi connectivity index (χ4n) is 3.73. The van der Waals surface area contributed by atoms with Crippen molar-refractivity contribution in [1.29, 1.82) is 0 Å². The van der Waals surface area contributed by atoms with E-state index in [0.29, 0.717) is 5.56 Å². The van der Waals surface area contributed by atoms with Crippen molar-refractivity contribution >= 4 is 34.8 Å². The van der Waals surface area contributed by atoms with Gasteiger partial charge in [-0.15, -0.1) is 0 Å².